The Balaban J connectivity index is 1.77. The summed E-state index contributed by atoms with van der Waals surface area (Å²) >= 11 is 0. The Bertz CT molecular complexity index is 557. The molecule has 7 heteroatoms. The van der Waals surface area contributed by atoms with Crippen molar-refractivity contribution in [3.8, 4) is 0 Å². The summed E-state index contributed by atoms with van der Waals surface area (Å²) in [6.07, 6.45) is 2.23. The number of hydrogen-bond acceptors (Lipinski definition) is 5. The lowest BCUT2D eigenvalue weighted by atomic mass is 10.0. The van der Waals surface area contributed by atoms with Crippen molar-refractivity contribution in [3.63, 3.8) is 0 Å². The molecule has 1 aromatic carbocycles. The van der Waals surface area contributed by atoms with Crippen LogP contribution in [0.1, 0.15) is 18.0 Å². The van der Waals surface area contributed by atoms with Crippen molar-refractivity contribution < 1.29 is 9.53 Å². The quantitative estimate of drug-likeness (QED) is 0.819. The molecule has 0 unspecified atom stereocenters. The second kappa shape index (κ2) is 5.79. The van der Waals surface area contributed by atoms with Crippen LogP contribution in [-0.2, 0) is 16.1 Å². The summed E-state index contributed by atoms with van der Waals surface area (Å²) in [5, 5.41) is 10.8. The normalized spacial score (nSPS) is 19.0. The molecule has 0 spiro atoms. The van der Waals surface area contributed by atoms with Crippen molar-refractivity contribution in [1.29, 1.82) is 0 Å². The maximum Gasteiger partial charge on any atom is 0.246 e. The van der Waals surface area contributed by atoms with Crippen LogP contribution in [0.25, 0.3) is 0 Å². The van der Waals surface area contributed by atoms with E-state index in [1.54, 1.807) is 4.90 Å². The van der Waals surface area contributed by atoms with Crippen LogP contribution in [0.2, 0.25) is 0 Å². The van der Waals surface area contributed by atoms with Crippen molar-refractivity contribution in [1.82, 2.24) is 25.1 Å². The molecule has 2 aromatic rings. The van der Waals surface area contributed by atoms with E-state index in [1.165, 1.54) is 11.0 Å². The molecule has 1 aromatic heterocycles. The number of amides is 1. The number of rotatable bonds is 3. The zero-order valence-electron chi connectivity index (χ0n) is 10.9. The minimum atomic E-state index is -0.0501. The Morgan fingerprint density at radius 3 is 2.95 bits per heavy atom. The fraction of sp³-hybridized carbons (Fsp3) is 0.385. The maximum absolute atomic E-state index is 12.4. The Morgan fingerprint density at radius 2 is 2.20 bits per heavy atom. The van der Waals surface area contributed by atoms with Gasteiger partial charge >= 0.3 is 0 Å². The number of carbonyl (C=O) groups is 1. The van der Waals surface area contributed by atoms with E-state index in [-0.39, 0.29) is 18.5 Å². The topological polar surface area (TPSA) is 73.1 Å². The highest BCUT2D eigenvalue weighted by Crippen LogP contribution is 2.27. The average Bonchev–Trinajstić information content (AvgIpc) is 3.01. The number of aromatic nitrogens is 4. The fourth-order valence-electron chi connectivity index (χ4n) is 2.35. The third-order valence-corrected chi connectivity index (χ3v) is 3.34. The van der Waals surface area contributed by atoms with Crippen molar-refractivity contribution in [2.45, 2.75) is 19.0 Å². The van der Waals surface area contributed by atoms with Crippen molar-refractivity contribution >= 4 is 5.91 Å². The van der Waals surface area contributed by atoms with Gasteiger partial charge in [0.25, 0.3) is 0 Å². The second-order valence-corrected chi connectivity index (χ2v) is 4.62. The lowest BCUT2D eigenvalue weighted by Crippen LogP contribution is -2.42. The van der Waals surface area contributed by atoms with Crippen molar-refractivity contribution in [2.75, 3.05) is 13.3 Å². The van der Waals surface area contributed by atoms with Gasteiger partial charge in [0, 0.05) is 0 Å². The molecule has 0 aliphatic carbocycles. The van der Waals surface area contributed by atoms with Gasteiger partial charge in [0.2, 0.25) is 5.91 Å². The summed E-state index contributed by atoms with van der Waals surface area (Å²) in [5.41, 5.74) is 1.13. The van der Waals surface area contributed by atoms with E-state index in [2.05, 4.69) is 15.5 Å². The van der Waals surface area contributed by atoms with Crippen LogP contribution < -0.4 is 0 Å². The van der Waals surface area contributed by atoms with Crippen molar-refractivity contribution in [2.24, 2.45) is 0 Å². The Morgan fingerprint density at radius 1 is 1.35 bits per heavy atom. The fourth-order valence-corrected chi connectivity index (χ4v) is 2.35. The SMILES string of the molecule is O=C(Cn1cnnn1)N1COCC[C@H]1c1ccccc1. The molecule has 1 fully saturated rings. The summed E-state index contributed by atoms with van der Waals surface area (Å²) in [4.78, 5) is 14.1. The highest BCUT2D eigenvalue weighted by Gasteiger charge is 2.28. The van der Waals surface area contributed by atoms with E-state index in [1.807, 2.05) is 30.3 Å². The van der Waals surface area contributed by atoms with Gasteiger partial charge in [-0.05, 0) is 22.4 Å². The smallest absolute Gasteiger partial charge is 0.246 e. The number of tetrazole rings is 1. The summed E-state index contributed by atoms with van der Waals surface area (Å²) in [6.45, 7) is 1.09. The van der Waals surface area contributed by atoms with E-state index < -0.39 is 0 Å². The number of hydrogen-bond donors (Lipinski definition) is 0. The van der Waals surface area contributed by atoms with Crippen LogP contribution in [0, 0.1) is 0 Å². The first kappa shape index (κ1) is 12.7. The Hall–Kier alpha value is -2.28. The molecule has 104 valence electrons. The molecule has 1 amide bonds. The maximum atomic E-state index is 12.4. The minimum Gasteiger partial charge on any atom is -0.361 e. The van der Waals surface area contributed by atoms with E-state index >= 15 is 0 Å². The molecule has 1 atom stereocenters. The first-order chi connectivity index (χ1) is 9.84. The van der Waals surface area contributed by atoms with Gasteiger partial charge in [0.05, 0.1) is 12.6 Å². The van der Waals surface area contributed by atoms with Gasteiger partial charge in [0.1, 0.15) is 19.6 Å². The second-order valence-electron chi connectivity index (χ2n) is 4.62. The van der Waals surface area contributed by atoms with Gasteiger partial charge in [-0.3, -0.25) is 4.79 Å². The third kappa shape index (κ3) is 2.67. The van der Waals surface area contributed by atoms with Gasteiger partial charge in [-0.15, -0.1) is 5.10 Å². The molecule has 0 N–H and O–H groups in total. The van der Waals surface area contributed by atoms with Crippen LogP contribution in [0.15, 0.2) is 36.7 Å². The molecular weight excluding hydrogens is 258 g/mol. The molecule has 7 nitrogen and oxygen atoms in total. The molecule has 0 radical (unpaired) electrons. The van der Waals surface area contributed by atoms with Crippen LogP contribution in [0.3, 0.4) is 0 Å². The van der Waals surface area contributed by atoms with Crippen molar-refractivity contribution in [3.05, 3.63) is 42.2 Å². The van der Waals surface area contributed by atoms with Crippen LogP contribution in [0.4, 0.5) is 0 Å². The first-order valence-corrected chi connectivity index (χ1v) is 6.47. The summed E-state index contributed by atoms with van der Waals surface area (Å²) < 4.78 is 6.83. The number of carbonyl (C=O) groups excluding carboxylic acids is 1. The van der Waals surface area contributed by atoms with E-state index in [9.17, 15) is 4.79 Å². The first-order valence-electron chi connectivity index (χ1n) is 6.47. The molecule has 1 aliphatic heterocycles. The third-order valence-electron chi connectivity index (χ3n) is 3.34. The van der Waals surface area contributed by atoms with E-state index in [0.29, 0.717) is 13.3 Å². The van der Waals surface area contributed by atoms with Crippen LogP contribution >= 0.6 is 0 Å². The lowest BCUT2D eigenvalue weighted by Gasteiger charge is -2.35. The van der Waals surface area contributed by atoms with Crippen LogP contribution in [0.5, 0.6) is 0 Å². The summed E-state index contributed by atoms with van der Waals surface area (Å²) in [6, 6.07) is 10.1. The Kier molecular flexibility index (Phi) is 3.69. The predicted molar refractivity (Wildman–Crippen MR) is 69.3 cm³/mol. The molecule has 3 rings (SSSR count). The predicted octanol–water partition coefficient (Wildman–Crippen LogP) is 0.621. The number of nitrogens with zero attached hydrogens (tertiary/aromatic N) is 5. The highest BCUT2D eigenvalue weighted by atomic mass is 16.5. The molecule has 1 saturated heterocycles. The molecule has 20 heavy (non-hydrogen) atoms. The molecule has 2 heterocycles. The zero-order chi connectivity index (χ0) is 13.8. The number of ether oxygens (including phenoxy) is 1. The van der Waals surface area contributed by atoms with Gasteiger partial charge in [-0.25, -0.2) is 4.68 Å². The van der Waals surface area contributed by atoms with E-state index in [0.717, 1.165) is 12.0 Å². The molecule has 0 bridgehead atoms. The zero-order valence-corrected chi connectivity index (χ0v) is 10.9. The largest absolute Gasteiger partial charge is 0.361 e. The average molecular weight is 273 g/mol. The molecule has 0 saturated carbocycles. The van der Waals surface area contributed by atoms with Gasteiger partial charge < -0.3 is 9.64 Å². The monoisotopic (exact) mass is 273 g/mol. The standard InChI is InChI=1S/C13H15N5O2/c19-13(8-17-9-14-15-16-17)18-10-20-7-6-12(18)11-4-2-1-3-5-11/h1-5,9,12H,6-8,10H2/t12-/m0/s1. The summed E-state index contributed by atoms with van der Waals surface area (Å²) in [5.74, 6) is -0.0501. The molecular formula is C13H15N5O2. The van der Waals surface area contributed by atoms with Crippen LogP contribution in [-0.4, -0.2) is 44.4 Å². The van der Waals surface area contributed by atoms with Gasteiger partial charge in [-0.1, -0.05) is 30.3 Å². The number of benzene rings is 1. The lowest BCUT2D eigenvalue weighted by molar-refractivity contribution is -0.147. The van der Waals surface area contributed by atoms with E-state index in [4.69, 9.17) is 4.74 Å². The summed E-state index contributed by atoms with van der Waals surface area (Å²) in [7, 11) is 0. The molecule has 1 aliphatic rings. The van der Waals surface area contributed by atoms with Gasteiger partial charge in [0.15, 0.2) is 0 Å². The van der Waals surface area contributed by atoms with Gasteiger partial charge in [-0.2, -0.15) is 0 Å². The Labute approximate surface area is 116 Å². The minimum absolute atomic E-state index is 0.0499. The highest BCUT2D eigenvalue weighted by molar-refractivity contribution is 5.76.